The third kappa shape index (κ3) is 8.36. The quantitative estimate of drug-likeness (QED) is 0.604. The Kier molecular flexibility index (Phi) is 4.39. The summed E-state index contributed by atoms with van der Waals surface area (Å²) in [7, 11) is 0. The molecule has 0 N–H and O–H groups in total. The van der Waals surface area contributed by atoms with Crippen LogP contribution in [-0.4, -0.2) is 0 Å². The molecule has 0 aliphatic carbocycles. The first-order valence-electron chi connectivity index (χ1n) is 3.37. The van der Waals surface area contributed by atoms with E-state index in [-0.39, 0.29) is 0 Å². The molecule has 0 saturated heterocycles. The molecule has 0 bridgehead atoms. The molecule has 1 heteroatoms. The normalized spacial score (nSPS) is 13.8. The van der Waals surface area contributed by atoms with E-state index in [1.54, 1.807) is 0 Å². The first-order valence-corrected chi connectivity index (χ1v) is 12.2. The molecule has 52 valence electrons. The van der Waals surface area contributed by atoms with Gasteiger partial charge in [-0.15, -0.1) is 0 Å². The maximum atomic E-state index is 2.40. The van der Waals surface area contributed by atoms with E-state index in [0.29, 0.717) is 0 Å². The Hall–Kier alpha value is 0.363. The molecule has 0 atom stereocenters. The number of allylic oxidation sites excluding steroid dienone is 3. The second-order valence-corrected chi connectivity index (χ2v) is 15.7. The molecule has 0 aromatic carbocycles. The monoisotopic (exact) mass is 202 g/mol. The predicted molar refractivity (Wildman–Crippen MR) is 41.5 cm³/mol. The Morgan fingerprint density at radius 2 is 1.56 bits per heavy atom. The average Bonchev–Trinajstić information content (AvgIpc) is 1.63. The minimum atomic E-state index is -1.56. The van der Waals surface area contributed by atoms with E-state index in [4.69, 9.17) is 0 Å². The number of rotatable bonds is 2. The van der Waals surface area contributed by atoms with Crippen molar-refractivity contribution < 1.29 is 20.3 Å². The van der Waals surface area contributed by atoms with Gasteiger partial charge >= 0.3 is 63.1 Å². The van der Waals surface area contributed by atoms with Crippen LogP contribution in [0.5, 0.6) is 0 Å². The van der Waals surface area contributed by atoms with E-state index in [0.717, 1.165) is 0 Å². The molecule has 0 unspecified atom stereocenters. The number of hydrogen-bond donors (Lipinski definition) is 0. The topological polar surface area (TPSA) is 0 Å². The third-order valence-corrected chi connectivity index (χ3v) is 3.83. The van der Waals surface area contributed by atoms with Gasteiger partial charge in [0, 0.05) is 0 Å². The zero-order chi connectivity index (χ0) is 7.33. The van der Waals surface area contributed by atoms with Gasteiger partial charge in [-0.2, -0.15) is 0 Å². The second-order valence-electron chi connectivity index (χ2n) is 3.25. The summed E-state index contributed by atoms with van der Waals surface area (Å²) in [6.45, 7) is 2.04. The molecule has 0 heterocycles. The third-order valence-electron chi connectivity index (χ3n) is 0.900. The van der Waals surface area contributed by atoms with Crippen molar-refractivity contribution in [1.29, 1.82) is 0 Å². The van der Waals surface area contributed by atoms with Gasteiger partial charge in [-0.1, -0.05) is 0 Å². The zero-order valence-corrected chi connectivity index (χ0v) is 9.27. The van der Waals surface area contributed by atoms with Crippen molar-refractivity contribution in [2.24, 2.45) is 0 Å². The van der Waals surface area contributed by atoms with E-state index in [2.05, 4.69) is 35.9 Å². The van der Waals surface area contributed by atoms with Crippen molar-refractivity contribution in [3.05, 3.63) is 22.0 Å². The van der Waals surface area contributed by atoms with Crippen LogP contribution in [0.1, 0.15) is 6.92 Å². The van der Waals surface area contributed by atoms with Crippen LogP contribution in [0.2, 0.25) is 13.9 Å². The van der Waals surface area contributed by atoms with Crippen LogP contribution in [0.3, 0.4) is 0 Å². The van der Waals surface area contributed by atoms with Gasteiger partial charge in [0.05, 0.1) is 0 Å². The second kappa shape index (κ2) is 4.22. The first kappa shape index (κ1) is 9.36. The SMILES string of the molecule is CC=CC=[CH][Zr]([CH3])([CH3])[CH3]. The van der Waals surface area contributed by atoms with Crippen molar-refractivity contribution in [2.45, 2.75) is 20.8 Å². The fraction of sp³-hybridized carbons (Fsp3) is 0.500. The van der Waals surface area contributed by atoms with Crippen LogP contribution >= 0.6 is 0 Å². The van der Waals surface area contributed by atoms with Crippen LogP contribution in [-0.2, 0) is 20.3 Å². The van der Waals surface area contributed by atoms with E-state index in [9.17, 15) is 0 Å². The molecule has 0 amide bonds. The summed E-state index contributed by atoms with van der Waals surface area (Å²) in [5, 5.41) is 0. The molecule has 0 aromatic heterocycles. The molecule has 0 radical (unpaired) electrons. The summed E-state index contributed by atoms with van der Waals surface area (Å²) in [5.41, 5.74) is 0. The van der Waals surface area contributed by atoms with Gasteiger partial charge in [0.1, 0.15) is 0 Å². The Balaban J connectivity index is 3.71. The summed E-state index contributed by atoms with van der Waals surface area (Å²) in [4.78, 5) is 0. The van der Waals surface area contributed by atoms with E-state index < -0.39 is 20.3 Å². The van der Waals surface area contributed by atoms with Crippen LogP contribution in [0.15, 0.2) is 22.0 Å². The molecule has 0 aliphatic heterocycles. The molecule has 0 fully saturated rings. The fourth-order valence-electron chi connectivity index (χ4n) is 0.455. The average molecular weight is 203 g/mol. The van der Waals surface area contributed by atoms with Gasteiger partial charge in [-0.3, -0.25) is 0 Å². The Bertz CT molecular complexity index is 115. The first-order chi connectivity index (χ1) is 4.06. The number of hydrogen-bond acceptors (Lipinski definition) is 0. The summed E-state index contributed by atoms with van der Waals surface area (Å²) < 4.78 is 9.59. The van der Waals surface area contributed by atoms with E-state index >= 15 is 0 Å². The van der Waals surface area contributed by atoms with E-state index in [1.165, 1.54) is 0 Å². The van der Waals surface area contributed by atoms with Crippen molar-refractivity contribution >= 4 is 0 Å². The van der Waals surface area contributed by atoms with Crippen molar-refractivity contribution in [1.82, 2.24) is 0 Å². The van der Waals surface area contributed by atoms with Gasteiger partial charge in [-0.05, 0) is 0 Å². The minimum absolute atomic E-state index is 1.56. The Labute approximate surface area is 63.1 Å². The zero-order valence-electron chi connectivity index (χ0n) is 6.81. The summed E-state index contributed by atoms with van der Waals surface area (Å²) in [6, 6.07) is 0. The molecule has 0 spiro atoms. The van der Waals surface area contributed by atoms with Crippen LogP contribution in [0.4, 0.5) is 0 Å². The van der Waals surface area contributed by atoms with Crippen molar-refractivity contribution in [3.8, 4) is 0 Å². The molecule has 0 nitrogen and oxygen atoms in total. The van der Waals surface area contributed by atoms with Gasteiger partial charge in [0.25, 0.3) is 0 Å². The molecule has 0 aliphatic rings. The summed E-state index contributed by atoms with van der Waals surface area (Å²) in [6.07, 6.45) is 6.34. The van der Waals surface area contributed by atoms with Crippen LogP contribution < -0.4 is 0 Å². The van der Waals surface area contributed by atoms with Crippen LogP contribution in [0.25, 0.3) is 0 Å². The Morgan fingerprint density at radius 1 is 1.00 bits per heavy atom. The van der Waals surface area contributed by atoms with E-state index in [1.807, 2.05) is 6.92 Å². The molecule has 0 aromatic rings. The standard InChI is InChI=1S/C5H7.3CH3.Zr/c1-3-5-4-2;;;;/h1,3-5H,2H3;3*1H3;. The summed E-state index contributed by atoms with van der Waals surface area (Å²) in [5.74, 6) is 0. The van der Waals surface area contributed by atoms with Gasteiger partial charge < -0.3 is 0 Å². The molecule has 9 heavy (non-hydrogen) atoms. The van der Waals surface area contributed by atoms with Gasteiger partial charge in [0.15, 0.2) is 0 Å². The van der Waals surface area contributed by atoms with Gasteiger partial charge in [-0.25, -0.2) is 0 Å². The molecule has 0 rings (SSSR count). The van der Waals surface area contributed by atoms with Crippen LogP contribution in [0, 0.1) is 0 Å². The maximum absolute atomic E-state index is 2.40. The van der Waals surface area contributed by atoms with Crippen molar-refractivity contribution in [2.75, 3.05) is 0 Å². The van der Waals surface area contributed by atoms with Gasteiger partial charge in [0.2, 0.25) is 0 Å². The molecule has 0 saturated carbocycles. The molecular weight excluding hydrogens is 187 g/mol. The summed E-state index contributed by atoms with van der Waals surface area (Å²) >= 11 is -1.56. The predicted octanol–water partition coefficient (Wildman–Crippen LogP) is 3.37. The molecular formula is C8H16Zr. The fourth-order valence-corrected chi connectivity index (χ4v) is 2.15. The van der Waals surface area contributed by atoms with Crippen molar-refractivity contribution in [3.63, 3.8) is 0 Å². The Morgan fingerprint density at radius 3 is 1.89 bits per heavy atom.